The summed E-state index contributed by atoms with van der Waals surface area (Å²) in [7, 11) is 0. The maximum atomic E-state index is 4.82. The normalized spacial score (nSPS) is 13.1. The highest BCUT2D eigenvalue weighted by Gasteiger charge is 2.21. The molecule has 0 saturated heterocycles. The van der Waals surface area contributed by atoms with Crippen molar-refractivity contribution >= 4 is 11.6 Å². The van der Waals surface area contributed by atoms with Gasteiger partial charge in [-0.2, -0.15) is 0 Å². The van der Waals surface area contributed by atoms with Gasteiger partial charge >= 0.3 is 0 Å². The number of nitrogens with one attached hydrogen (secondary N) is 1. The van der Waals surface area contributed by atoms with Crippen molar-refractivity contribution in [2.45, 2.75) is 60.3 Å². The largest absolute Gasteiger partial charge is 0.370 e. The molecule has 1 heterocycles. The topological polar surface area (TPSA) is 41.0 Å². The molecular weight excluding hydrogens is 260 g/mol. The second kappa shape index (κ2) is 7.62. The van der Waals surface area contributed by atoms with Crippen LogP contribution >= 0.6 is 0 Å². The van der Waals surface area contributed by atoms with Gasteiger partial charge < -0.3 is 10.2 Å². The van der Waals surface area contributed by atoms with Gasteiger partial charge in [-0.1, -0.05) is 41.0 Å². The zero-order chi connectivity index (χ0) is 16.0. The molecule has 0 aliphatic rings. The Labute approximate surface area is 130 Å². The van der Waals surface area contributed by atoms with E-state index in [1.54, 1.807) is 0 Å². The SMILES string of the molecule is CCNc1cc(N(CC)CC(C)CC)nc(C(C)(C)C)n1. The molecule has 1 unspecified atom stereocenters. The second-order valence-electron chi connectivity index (χ2n) is 6.77. The standard InChI is InChI=1S/C17H32N4/c1-8-13(4)12-21(10-3)15-11-14(18-9-2)19-16(20-15)17(5,6)7/h11,13H,8-10,12H2,1-7H3,(H,18,19,20). The fourth-order valence-electron chi connectivity index (χ4n) is 2.09. The highest BCUT2D eigenvalue weighted by Crippen LogP contribution is 2.24. The van der Waals surface area contributed by atoms with E-state index >= 15 is 0 Å². The van der Waals surface area contributed by atoms with Crippen molar-refractivity contribution in [3.8, 4) is 0 Å². The average molecular weight is 292 g/mol. The third-order valence-electron chi connectivity index (χ3n) is 3.68. The molecule has 120 valence electrons. The first kappa shape index (κ1) is 17.7. The average Bonchev–Trinajstić information content (AvgIpc) is 2.43. The quantitative estimate of drug-likeness (QED) is 0.822. The first-order valence-corrected chi connectivity index (χ1v) is 8.20. The minimum atomic E-state index is -0.0457. The molecule has 0 saturated carbocycles. The fraction of sp³-hybridized carbons (Fsp3) is 0.765. The summed E-state index contributed by atoms with van der Waals surface area (Å²) in [6.07, 6.45) is 1.19. The minimum absolute atomic E-state index is 0.0457. The summed E-state index contributed by atoms with van der Waals surface area (Å²) in [5.41, 5.74) is -0.0457. The summed E-state index contributed by atoms with van der Waals surface area (Å²) in [6.45, 7) is 18.2. The molecule has 0 amide bonds. The Kier molecular flexibility index (Phi) is 6.43. The Morgan fingerprint density at radius 2 is 1.86 bits per heavy atom. The molecule has 1 aromatic rings. The van der Waals surface area contributed by atoms with Crippen molar-refractivity contribution in [3.63, 3.8) is 0 Å². The maximum Gasteiger partial charge on any atom is 0.138 e. The van der Waals surface area contributed by atoms with Gasteiger partial charge in [0.2, 0.25) is 0 Å². The van der Waals surface area contributed by atoms with Crippen LogP contribution in [0.15, 0.2) is 6.07 Å². The molecule has 0 aromatic carbocycles. The Hall–Kier alpha value is -1.32. The summed E-state index contributed by atoms with van der Waals surface area (Å²) in [6, 6.07) is 2.07. The predicted molar refractivity (Wildman–Crippen MR) is 92.2 cm³/mol. The van der Waals surface area contributed by atoms with Crippen molar-refractivity contribution in [1.82, 2.24) is 9.97 Å². The molecule has 0 aliphatic heterocycles. The lowest BCUT2D eigenvalue weighted by Crippen LogP contribution is -2.30. The van der Waals surface area contributed by atoms with E-state index in [0.29, 0.717) is 5.92 Å². The molecule has 1 aromatic heterocycles. The molecule has 0 spiro atoms. The molecule has 4 nitrogen and oxygen atoms in total. The van der Waals surface area contributed by atoms with Gasteiger partial charge in [-0.25, -0.2) is 9.97 Å². The highest BCUT2D eigenvalue weighted by molar-refractivity contribution is 5.50. The number of hydrogen-bond donors (Lipinski definition) is 1. The van der Waals surface area contributed by atoms with E-state index in [4.69, 9.17) is 4.98 Å². The Morgan fingerprint density at radius 1 is 1.19 bits per heavy atom. The predicted octanol–water partition coefficient (Wildman–Crippen LogP) is 4.08. The molecule has 0 fully saturated rings. The highest BCUT2D eigenvalue weighted by atomic mass is 15.2. The molecule has 1 atom stereocenters. The van der Waals surface area contributed by atoms with E-state index in [0.717, 1.165) is 37.1 Å². The van der Waals surface area contributed by atoms with E-state index in [9.17, 15) is 0 Å². The van der Waals surface area contributed by atoms with Crippen molar-refractivity contribution in [1.29, 1.82) is 0 Å². The van der Waals surface area contributed by atoms with E-state index in [1.165, 1.54) is 6.42 Å². The van der Waals surface area contributed by atoms with Crippen LogP contribution in [0.4, 0.5) is 11.6 Å². The summed E-state index contributed by atoms with van der Waals surface area (Å²) in [4.78, 5) is 11.8. The minimum Gasteiger partial charge on any atom is -0.370 e. The smallest absolute Gasteiger partial charge is 0.138 e. The van der Waals surface area contributed by atoms with Crippen molar-refractivity contribution in [2.75, 3.05) is 29.9 Å². The first-order valence-electron chi connectivity index (χ1n) is 8.20. The number of anilines is 2. The number of hydrogen-bond acceptors (Lipinski definition) is 4. The van der Waals surface area contributed by atoms with Gasteiger partial charge in [-0.15, -0.1) is 0 Å². The number of nitrogens with zero attached hydrogens (tertiary/aromatic N) is 3. The van der Waals surface area contributed by atoms with Gasteiger partial charge in [0.1, 0.15) is 17.5 Å². The molecule has 0 aliphatic carbocycles. The van der Waals surface area contributed by atoms with Gasteiger partial charge in [-0.05, 0) is 19.8 Å². The maximum absolute atomic E-state index is 4.82. The van der Waals surface area contributed by atoms with Crippen LogP contribution in [0.3, 0.4) is 0 Å². The fourth-order valence-corrected chi connectivity index (χ4v) is 2.09. The molecule has 4 heteroatoms. The van der Waals surface area contributed by atoms with Gasteiger partial charge in [0.05, 0.1) is 0 Å². The van der Waals surface area contributed by atoms with Gasteiger partial charge in [0, 0.05) is 31.1 Å². The van der Waals surface area contributed by atoms with Crippen LogP contribution in [0.5, 0.6) is 0 Å². The third kappa shape index (κ3) is 5.18. The zero-order valence-electron chi connectivity index (χ0n) is 14.8. The van der Waals surface area contributed by atoms with E-state index < -0.39 is 0 Å². The Bertz CT molecular complexity index is 437. The van der Waals surface area contributed by atoms with Crippen LogP contribution in [0, 0.1) is 5.92 Å². The molecular formula is C17H32N4. The van der Waals surface area contributed by atoms with Crippen LogP contribution in [0.2, 0.25) is 0 Å². The Balaban J connectivity index is 3.16. The first-order chi connectivity index (χ1) is 9.81. The van der Waals surface area contributed by atoms with Gasteiger partial charge in [0.25, 0.3) is 0 Å². The lowest BCUT2D eigenvalue weighted by molar-refractivity contribution is 0.530. The number of aromatic nitrogens is 2. The van der Waals surface area contributed by atoms with Gasteiger partial charge in [-0.3, -0.25) is 0 Å². The van der Waals surface area contributed by atoms with Gasteiger partial charge in [0.15, 0.2) is 0 Å². The molecule has 0 bridgehead atoms. The lowest BCUT2D eigenvalue weighted by Gasteiger charge is -2.27. The third-order valence-corrected chi connectivity index (χ3v) is 3.68. The molecule has 1 rings (SSSR count). The summed E-state index contributed by atoms with van der Waals surface area (Å²) < 4.78 is 0. The molecule has 0 radical (unpaired) electrons. The van der Waals surface area contributed by atoms with E-state index in [2.05, 4.69) is 69.7 Å². The van der Waals surface area contributed by atoms with Crippen molar-refractivity contribution in [3.05, 3.63) is 11.9 Å². The second-order valence-corrected chi connectivity index (χ2v) is 6.77. The Morgan fingerprint density at radius 3 is 2.33 bits per heavy atom. The van der Waals surface area contributed by atoms with Crippen molar-refractivity contribution < 1.29 is 0 Å². The van der Waals surface area contributed by atoms with E-state index in [-0.39, 0.29) is 5.41 Å². The van der Waals surface area contributed by atoms with Crippen LogP contribution < -0.4 is 10.2 Å². The summed E-state index contributed by atoms with van der Waals surface area (Å²) in [5, 5.41) is 3.33. The molecule has 21 heavy (non-hydrogen) atoms. The summed E-state index contributed by atoms with van der Waals surface area (Å²) >= 11 is 0. The van der Waals surface area contributed by atoms with E-state index in [1.807, 2.05) is 0 Å². The van der Waals surface area contributed by atoms with Crippen LogP contribution in [-0.2, 0) is 5.41 Å². The van der Waals surface area contributed by atoms with Crippen LogP contribution in [0.25, 0.3) is 0 Å². The zero-order valence-corrected chi connectivity index (χ0v) is 14.8. The molecule has 1 N–H and O–H groups in total. The lowest BCUT2D eigenvalue weighted by atomic mass is 9.95. The van der Waals surface area contributed by atoms with Crippen LogP contribution in [-0.4, -0.2) is 29.6 Å². The van der Waals surface area contributed by atoms with Crippen LogP contribution in [0.1, 0.15) is 60.7 Å². The van der Waals surface area contributed by atoms with Crippen molar-refractivity contribution in [2.24, 2.45) is 5.92 Å². The number of rotatable bonds is 7. The monoisotopic (exact) mass is 292 g/mol. The summed E-state index contributed by atoms with van der Waals surface area (Å²) in [5.74, 6) is 3.53.